The largest absolute Gasteiger partial charge is 0.311 e. The summed E-state index contributed by atoms with van der Waals surface area (Å²) in [6, 6.07) is 58.9. The molecule has 4 heteroatoms. The van der Waals surface area contributed by atoms with Gasteiger partial charge in [0.2, 0.25) is 0 Å². The van der Waals surface area contributed by atoms with Crippen molar-refractivity contribution in [1.29, 1.82) is 0 Å². The van der Waals surface area contributed by atoms with Gasteiger partial charge in [0.25, 0.3) is 6.71 Å². The first-order chi connectivity index (χ1) is 26.1. The first-order valence-corrected chi connectivity index (χ1v) is 19.2. The van der Waals surface area contributed by atoms with Gasteiger partial charge in [0, 0.05) is 39.2 Å². The fraction of sp³-hybridized carbons (Fsp3) is 0.160. The molecule has 3 heterocycles. The van der Waals surface area contributed by atoms with Gasteiger partial charge >= 0.3 is 0 Å². The standard InChI is InChI=1S/C50H44BN3/c1-49(2,3)33-27-29-41-37(31-33)38-32-34(50(4,5)6)28-30-42(38)54(41)46-26-15-22-40-48(46)53(36-19-11-8-12-20-36)45-25-16-24-44-47(45)51(40)39-21-13-14-23-43(39)52(44)35-17-9-7-10-18-35/h7-32H,1-6H3. The second kappa shape index (κ2) is 11.8. The summed E-state index contributed by atoms with van der Waals surface area (Å²) in [6.07, 6.45) is 0. The zero-order valence-electron chi connectivity index (χ0n) is 31.9. The lowest BCUT2D eigenvalue weighted by molar-refractivity contribution is 0.590. The minimum atomic E-state index is 0.0314. The van der Waals surface area contributed by atoms with Gasteiger partial charge in [-0.05, 0) is 111 Å². The van der Waals surface area contributed by atoms with Crippen molar-refractivity contribution in [2.75, 3.05) is 9.80 Å². The third kappa shape index (κ3) is 4.82. The molecule has 0 radical (unpaired) electrons. The summed E-state index contributed by atoms with van der Waals surface area (Å²) >= 11 is 0. The Bertz CT molecular complexity index is 2680. The molecule has 0 fully saturated rings. The molecule has 2 aliphatic heterocycles. The Hall–Kier alpha value is -6.00. The molecule has 0 unspecified atom stereocenters. The predicted molar refractivity (Wildman–Crippen MR) is 232 cm³/mol. The van der Waals surface area contributed by atoms with Crippen molar-refractivity contribution in [2.24, 2.45) is 0 Å². The van der Waals surface area contributed by atoms with Crippen LogP contribution in [0.2, 0.25) is 0 Å². The summed E-state index contributed by atoms with van der Waals surface area (Å²) < 4.78 is 2.54. The molecule has 3 nitrogen and oxygen atoms in total. The van der Waals surface area contributed by atoms with E-state index in [0.717, 1.165) is 11.4 Å². The molecule has 1 aromatic heterocycles. The zero-order valence-corrected chi connectivity index (χ0v) is 31.9. The molecular weight excluding hydrogens is 653 g/mol. The molecule has 0 aliphatic carbocycles. The van der Waals surface area contributed by atoms with Crippen LogP contribution in [-0.4, -0.2) is 11.3 Å². The highest BCUT2D eigenvalue weighted by molar-refractivity contribution is 7.00. The molecule has 0 N–H and O–H groups in total. The second-order valence-corrected chi connectivity index (χ2v) is 17.1. The average molecular weight is 698 g/mol. The zero-order chi connectivity index (χ0) is 36.9. The quantitative estimate of drug-likeness (QED) is 0.170. The van der Waals surface area contributed by atoms with E-state index < -0.39 is 0 Å². The van der Waals surface area contributed by atoms with Crippen molar-refractivity contribution in [1.82, 2.24) is 4.57 Å². The topological polar surface area (TPSA) is 11.4 Å². The highest BCUT2D eigenvalue weighted by atomic mass is 15.2. The van der Waals surface area contributed by atoms with Crippen molar-refractivity contribution in [3.63, 3.8) is 0 Å². The maximum atomic E-state index is 2.54. The second-order valence-electron chi connectivity index (χ2n) is 17.1. The van der Waals surface area contributed by atoms with Gasteiger partial charge in [-0.3, -0.25) is 0 Å². The van der Waals surface area contributed by atoms with E-state index in [0.29, 0.717) is 0 Å². The number of anilines is 6. The van der Waals surface area contributed by atoms with Crippen LogP contribution in [0.3, 0.4) is 0 Å². The number of hydrogen-bond donors (Lipinski definition) is 0. The van der Waals surface area contributed by atoms with Crippen LogP contribution in [-0.2, 0) is 10.8 Å². The summed E-state index contributed by atoms with van der Waals surface area (Å²) in [5.41, 5.74) is 17.5. The van der Waals surface area contributed by atoms with E-state index in [9.17, 15) is 0 Å². The number of nitrogens with zero attached hydrogens (tertiary/aromatic N) is 3. The van der Waals surface area contributed by atoms with Crippen LogP contribution in [0.4, 0.5) is 34.1 Å². The van der Waals surface area contributed by atoms with E-state index in [2.05, 4.69) is 214 Å². The molecule has 0 amide bonds. The normalized spacial score (nSPS) is 13.6. The minimum absolute atomic E-state index is 0.0314. The number of hydrogen-bond acceptors (Lipinski definition) is 2. The highest BCUT2D eigenvalue weighted by Gasteiger charge is 2.44. The van der Waals surface area contributed by atoms with E-state index in [4.69, 9.17) is 0 Å². The fourth-order valence-electron chi connectivity index (χ4n) is 9.01. The average Bonchev–Trinajstić information content (AvgIpc) is 3.50. The van der Waals surface area contributed by atoms with Crippen LogP contribution < -0.4 is 26.2 Å². The van der Waals surface area contributed by atoms with E-state index in [1.54, 1.807) is 0 Å². The van der Waals surface area contributed by atoms with Crippen LogP contribution in [0.25, 0.3) is 27.5 Å². The third-order valence-electron chi connectivity index (χ3n) is 11.7. The van der Waals surface area contributed by atoms with Crippen LogP contribution in [0.1, 0.15) is 52.7 Å². The van der Waals surface area contributed by atoms with Gasteiger partial charge in [-0.25, -0.2) is 0 Å². The number of benzene rings is 7. The molecule has 0 spiro atoms. The molecule has 0 saturated heterocycles. The minimum Gasteiger partial charge on any atom is -0.311 e. The lowest BCUT2D eigenvalue weighted by atomic mass is 9.33. The molecule has 7 aromatic carbocycles. The van der Waals surface area contributed by atoms with Gasteiger partial charge in [0.05, 0.1) is 22.4 Å². The van der Waals surface area contributed by atoms with Crippen LogP contribution >= 0.6 is 0 Å². The smallest absolute Gasteiger partial charge is 0.252 e. The van der Waals surface area contributed by atoms with Crippen LogP contribution in [0, 0.1) is 0 Å². The Morgan fingerprint density at radius 3 is 1.46 bits per heavy atom. The molecule has 10 rings (SSSR count). The Morgan fingerprint density at radius 2 is 0.870 bits per heavy atom. The SMILES string of the molecule is CC(C)(C)c1ccc2c(c1)c1cc(C(C)(C)C)ccc1n2-c1cccc2c1N(c1ccccc1)c1cccc3c1B2c1ccccc1N3c1ccccc1. The Morgan fingerprint density at radius 1 is 0.407 bits per heavy atom. The Balaban J connectivity index is 1.32. The molecular formula is C50H44BN3. The van der Waals surface area contributed by atoms with Crippen molar-refractivity contribution >= 4 is 79.0 Å². The summed E-state index contributed by atoms with van der Waals surface area (Å²) in [6.45, 7) is 13.9. The lowest BCUT2D eigenvalue weighted by Crippen LogP contribution is -2.61. The first kappa shape index (κ1) is 32.6. The van der Waals surface area contributed by atoms with E-state index in [1.165, 1.54) is 77.8 Å². The first-order valence-electron chi connectivity index (χ1n) is 19.2. The van der Waals surface area contributed by atoms with E-state index in [-0.39, 0.29) is 17.5 Å². The number of rotatable bonds is 3. The summed E-state index contributed by atoms with van der Waals surface area (Å²) in [5.74, 6) is 0. The maximum Gasteiger partial charge on any atom is 0.252 e. The molecule has 54 heavy (non-hydrogen) atoms. The van der Waals surface area contributed by atoms with Gasteiger partial charge < -0.3 is 14.4 Å². The number of fused-ring (bicyclic) bond motifs is 7. The summed E-state index contributed by atoms with van der Waals surface area (Å²) in [4.78, 5) is 4.98. The fourth-order valence-corrected chi connectivity index (χ4v) is 9.01. The van der Waals surface area contributed by atoms with Crippen molar-refractivity contribution < 1.29 is 0 Å². The third-order valence-corrected chi connectivity index (χ3v) is 11.7. The van der Waals surface area contributed by atoms with Crippen molar-refractivity contribution in [3.8, 4) is 5.69 Å². The number of para-hydroxylation sites is 4. The van der Waals surface area contributed by atoms with Gasteiger partial charge in [-0.1, -0.05) is 126 Å². The van der Waals surface area contributed by atoms with Gasteiger partial charge in [0.15, 0.2) is 0 Å². The van der Waals surface area contributed by atoms with Gasteiger partial charge in [0.1, 0.15) is 0 Å². The van der Waals surface area contributed by atoms with E-state index in [1.807, 2.05) is 0 Å². The molecule has 8 aromatic rings. The maximum absolute atomic E-state index is 2.54. The van der Waals surface area contributed by atoms with Gasteiger partial charge in [-0.15, -0.1) is 0 Å². The highest BCUT2D eigenvalue weighted by Crippen LogP contribution is 2.47. The van der Waals surface area contributed by atoms with E-state index >= 15 is 0 Å². The Labute approximate surface area is 319 Å². The molecule has 262 valence electrons. The van der Waals surface area contributed by atoms with Crippen LogP contribution in [0.15, 0.2) is 158 Å². The Kier molecular flexibility index (Phi) is 7.10. The van der Waals surface area contributed by atoms with Crippen molar-refractivity contribution in [3.05, 3.63) is 169 Å². The molecule has 0 saturated carbocycles. The summed E-state index contributed by atoms with van der Waals surface area (Å²) in [7, 11) is 0. The van der Waals surface area contributed by atoms with Crippen molar-refractivity contribution in [2.45, 2.75) is 52.4 Å². The lowest BCUT2D eigenvalue weighted by Gasteiger charge is -2.44. The van der Waals surface area contributed by atoms with Gasteiger partial charge in [-0.2, -0.15) is 0 Å². The number of aromatic nitrogens is 1. The molecule has 2 aliphatic rings. The predicted octanol–water partition coefficient (Wildman–Crippen LogP) is 11.5. The van der Waals surface area contributed by atoms with Crippen LogP contribution in [0.5, 0.6) is 0 Å². The summed E-state index contributed by atoms with van der Waals surface area (Å²) in [5, 5.41) is 2.60. The monoisotopic (exact) mass is 697 g/mol. The molecule has 0 bridgehead atoms. The molecule has 0 atom stereocenters.